The van der Waals surface area contributed by atoms with Gasteiger partial charge in [-0.1, -0.05) is 0 Å². The van der Waals surface area contributed by atoms with Crippen molar-refractivity contribution in [2.45, 2.75) is 0 Å². The van der Waals surface area contributed by atoms with Gasteiger partial charge in [-0.25, -0.2) is 0 Å². The zero-order valence-corrected chi connectivity index (χ0v) is 10.4. The Morgan fingerprint density at radius 3 is 2.61 bits per heavy atom. The lowest BCUT2D eigenvalue weighted by Crippen LogP contribution is -2.41. The molecule has 1 aliphatic heterocycles. The number of fused-ring (bicyclic) bond motifs is 1. The van der Waals surface area contributed by atoms with Crippen LogP contribution in [0.5, 0.6) is 11.5 Å². The minimum Gasteiger partial charge on any atom is -0.493 e. The van der Waals surface area contributed by atoms with Crippen molar-refractivity contribution in [2.24, 2.45) is 0 Å². The first-order chi connectivity index (χ1) is 8.71. The number of methoxy groups -OCH3 is 2. The van der Waals surface area contributed by atoms with E-state index in [1.54, 1.807) is 26.4 Å². The number of aliphatic hydroxyl groups is 1. The summed E-state index contributed by atoms with van der Waals surface area (Å²) in [5.74, 6) is 1.07. The molecule has 0 radical (unpaired) electrons. The molecule has 0 saturated heterocycles. The fraction of sp³-hybridized carbons (Fsp3) is 0.417. The SMILES string of the molecule is COc1cc2c(cc1OC)N(CCO)C(=O)CN2. The molecular formula is C12H16N2O4. The first kappa shape index (κ1) is 12.5. The molecule has 0 fully saturated rings. The zero-order chi connectivity index (χ0) is 13.1. The predicted octanol–water partition coefficient (Wildman–Crippen LogP) is 0.455. The molecule has 1 aromatic rings. The number of amides is 1. The Balaban J connectivity index is 2.47. The van der Waals surface area contributed by atoms with Gasteiger partial charge >= 0.3 is 0 Å². The minimum absolute atomic E-state index is 0.0798. The van der Waals surface area contributed by atoms with Crippen LogP contribution in [0.15, 0.2) is 12.1 Å². The number of aliphatic hydroxyl groups excluding tert-OH is 1. The maximum absolute atomic E-state index is 11.8. The summed E-state index contributed by atoms with van der Waals surface area (Å²) in [6.45, 7) is 0.394. The van der Waals surface area contributed by atoms with Crippen LogP contribution in [-0.4, -0.2) is 44.9 Å². The van der Waals surface area contributed by atoms with E-state index in [1.807, 2.05) is 0 Å². The molecule has 1 aliphatic rings. The van der Waals surface area contributed by atoms with Crippen LogP contribution >= 0.6 is 0 Å². The van der Waals surface area contributed by atoms with Gasteiger partial charge in [-0.3, -0.25) is 4.79 Å². The van der Waals surface area contributed by atoms with Crippen molar-refractivity contribution in [3.05, 3.63) is 12.1 Å². The van der Waals surface area contributed by atoms with E-state index in [2.05, 4.69) is 5.32 Å². The van der Waals surface area contributed by atoms with Gasteiger partial charge in [0.1, 0.15) is 0 Å². The van der Waals surface area contributed by atoms with Gasteiger partial charge in [-0.15, -0.1) is 0 Å². The number of hydrogen-bond acceptors (Lipinski definition) is 5. The number of anilines is 2. The second kappa shape index (κ2) is 5.14. The molecule has 18 heavy (non-hydrogen) atoms. The minimum atomic E-state index is -0.0838. The molecule has 0 aromatic heterocycles. The molecule has 1 heterocycles. The summed E-state index contributed by atoms with van der Waals surface area (Å²) in [7, 11) is 3.10. The van der Waals surface area contributed by atoms with Gasteiger partial charge in [0.2, 0.25) is 5.91 Å². The number of ether oxygens (including phenoxy) is 2. The number of nitrogens with one attached hydrogen (secondary N) is 1. The quantitative estimate of drug-likeness (QED) is 0.814. The van der Waals surface area contributed by atoms with Crippen molar-refractivity contribution in [2.75, 3.05) is 44.1 Å². The molecule has 0 aliphatic carbocycles. The van der Waals surface area contributed by atoms with E-state index in [4.69, 9.17) is 14.6 Å². The Kier molecular flexibility index (Phi) is 3.57. The van der Waals surface area contributed by atoms with Crippen LogP contribution in [0.1, 0.15) is 0 Å². The fourth-order valence-corrected chi connectivity index (χ4v) is 1.98. The summed E-state index contributed by atoms with van der Waals surface area (Å²) in [4.78, 5) is 13.3. The van der Waals surface area contributed by atoms with Gasteiger partial charge in [0.15, 0.2) is 11.5 Å². The molecule has 6 nitrogen and oxygen atoms in total. The van der Waals surface area contributed by atoms with E-state index in [-0.39, 0.29) is 25.6 Å². The van der Waals surface area contributed by atoms with Crippen LogP contribution in [0, 0.1) is 0 Å². The Morgan fingerprint density at radius 2 is 2.00 bits per heavy atom. The molecule has 1 aromatic carbocycles. The van der Waals surface area contributed by atoms with E-state index in [1.165, 1.54) is 4.90 Å². The summed E-state index contributed by atoms with van der Waals surface area (Å²) >= 11 is 0. The normalized spacial score (nSPS) is 13.9. The molecule has 0 spiro atoms. The van der Waals surface area contributed by atoms with Crippen LogP contribution in [-0.2, 0) is 4.79 Å². The monoisotopic (exact) mass is 252 g/mol. The highest BCUT2D eigenvalue weighted by Crippen LogP contribution is 2.39. The molecule has 0 atom stereocenters. The molecule has 98 valence electrons. The standard InChI is InChI=1S/C12H16N2O4/c1-17-10-5-8-9(6-11(10)18-2)14(3-4-15)12(16)7-13-8/h5-6,13,15H,3-4,7H2,1-2H3. The molecule has 0 saturated carbocycles. The van der Waals surface area contributed by atoms with Gasteiger partial charge in [-0.05, 0) is 0 Å². The summed E-state index contributed by atoms with van der Waals surface area (Å²) in [5.41, 5.74) is 1.48. The lowest BCUT2D eigenvalue weighted by molar-refractivity contribution is -0.117. The van der Waals surface area contributed by atoms with E-state index in [9.17, 15) is 4.79 Å². The Morgan fingerprint density at radius 1 is 1.33 bits per heavy atom. The molecule has 2 N–H and O–H groups in total. The highest BCUT2D eigenvalue weighted by atomic mass is 16.5. The Bertz CT molecular complexity index is 462. The maximum Gasteiger partial charge on any atom is 0.246 e. The van der Waals surface area contributed by atoms with Crippen LogP contribution in [0.25, 0.3) is 0 Å². The third-order valence-corrected chi connectivity index (χ3v) is 2.85. The lowest BCUT2D eigenvalue weighted by Gasteiger charge is -2.30. The molecule has 6 heteroatoms. The van der Waals surface area contributed by atoms with E-state index >= 15 is 0 Å². The average Bonchev–Trinajstić information content (AvgIpc) is 2.40. The van der Waals surface area contributed by atoms with Gasteiger partial charge in [0.05, 0.1) is 38.7 Å². The fourth-order valence-electron chi connectivity index (χ4n) is 1.98. The third kappa shape index (κ3) is 2.06. The van der Waals surface area contributed by atoms with E-state index in [0.717, 1.165) is 5.69 Å². The van der Waals surface area contributed by atoms with Crippen molar-refractivity contribution >= 4 is 17.3 Å². The van der Waals surface area contributed by atoms with Crippen LogP contribution in [0.2, 0.25) is 0 Å². The topological polar surface area (TPSA) is 71.0 Å². The molecule has 2 rings (SSSR count). The lowest BCUT2D eigenvalue weighted by atomic mass is 10.1. The summed E-state index contributed by atoms with van der Waals surface area (Å²) in [6, 6.07) is 3.51. The summed E-state index contributed by atoms with van der Waals surface area (Å²) in [6.07, 6.45) is 0. The van der Waals surface area contributed by atoms with Gasteiger partial charge < -0.3 is 24.8 Å². The number of nitrogens with zero attached hydrogens (tertiary/aromatic N) is 1. The highest BCUT2D eigenvalue weighted by Gasteiger charge is 2.25. The smallest absolute Gasteiger partial charge is 0.246 e. The summed E-state index contributed by atoms with van der Waals surface area (Å²) < 4.78 is 10.4. The first-order valence-corrected chi connectivity index (χ1v) is 5.62. The molecule has 0 unspecified atom stereocenters. The van der Waals surface area contributed by atoms with Crippen molar-refractivity contribution in [1.29, 1.82) is 0 Å². The third-order valence-electron chi connectivity index (χ3n) is 2.85. The second-order valence-electron chi connectivity index (χ2n) is 3.85. The van der Waals surface area contributed by atoms with Crippen molar-refractivity contribution < 1.29 is 19.4 Å². The van der Waals surface area contributed by atoms with Crippen LogP contribution in [0.3, 0.4) is 0 Å². The van der Waals surface area contributed by atoms with E-state index in [0.29, 0.717) is 17.2 Å². The number of carbonyl (C=O) groups is 1. The Hall–Kier alpha value is -1.95. The van der Waals surface area contributed by atoms with Crippen molar-refractivity contribution in [3.8, 4) is 11.5 Å². The molecular weight excluding hydrogens is 236 g/mol. The largest absolute Gasteiger partial charge is 0.493 e. The zero-order valence-electron chi connectivity index (χ0n) is 10.4. The van der Waals surface area contributed by atoms with Crippen LogP contribution < -0.4 is 19.7 Å². The molecule has 0 bridgehead atoms. The number of benzene rings is 1. The average molecular weight is 252 g/mol. The summed E-state index contributed by atoms with van der Waals surface area (Å²) in [5, 5.41) is 12.0. The maximum atomic E-state index is 11.8. The molecule has 1 amide bonds. The van der Waals surface area contributed by atoms with E-state index < -0.39 is 0 Å². The highest BCUT2D eigenvalue weighted by molar-refractivity contribution is 6.03. The number of rotatable bonds is 4. The first-order valence-electron chi connectivity index (χ1n) is 5.62. The van der Waals surface area contributed by atoms with Gasteiger partial charge in [0.25, 0.3) is 0 Å². The van der Waals surface area contributed by atoms with Gasteiger partial charge in [-0.2, -0.15) is 0 Å². The van der Waals surface area contributed by atoms with Crippen LogP contribution in [0.4, 0.5) is 11.4 Å². The Labute approximate surface area is 105 Å². The number of hydrogen-bond donors (Lipinski definition) is 2. The predicted molar refractivity (Wildman–Crippen MR) is 67.5 cm³/mol. The number of β-amino-alcohol motifs (C(OH)–C–C–N with tert-alkyl or cyclic N) is 1. The van der Waals surface area contributed by atoms with Gasteiger partial charge in [0, 0.05) is 18.7 Å². The van der Waals surface area contributed by atoms with Crippen molar-refractivity contribution in [1.82, 2.24) is 0 Å². The number of carbonyl (C=O) groups excluding carboxylic acids is 1. The second-order valence-corrected chi connectivity index (χ2v) is 3.85. The van der Waals surface area contributed by atoms with Crippen molar-refractivity contribution in [3.63, 3.8) is 0 Å².